The van der Waals surface area contributed by atoms with Crippen LogP contribution in [0.1, 0.15) is 23.2 Å². The molecule has 0 aliphatic heterocycles. The maximum Gasteiger partial charge on any atom is 0.418 e. The molecule has 0 unspecified atom stereocenters. The molecule has 0 radical (unpaired) electrons. The third-order valence-corrected chi connectivity index (χ3v) is 2.35. The molecule has 1 heterocycles. The zero-order valence-corrected chi connectivity index (χ0v) is 10.1. The lowest BCUT2D eigenvalue weighted by molar-refractivity contribution is -0.142. The van der Waals surface area contributed by atoms with E-state index in [4.69, 9.17) is 11.6 Å². The number of carbonyl (C=O) groups excluding carboxylic acids is 1. The average molecular weight is 304 g/mol. The van der Waals surface area contributed by atoms with Gasteiger partial charge in [-0.3, -0.25) is 4.79 Å². The second-order valence-electron chi connectivity index (χ2n) is 3.41. The number of hydrogen-bond acceptors (Lipinski definition) is 3. The highest BCUT2D eigenvalue weighted by Gasteiger charge is 2.40. The predicted molar refractivity (Wildman–Crippen MR) is 54.9 cm³/mol. The van der Waals surface area contributed by atoms with Crippen LogP contribution in [0.2, 0.25) is 5.15 Å². The van der Waals surface area contributed by atoms with E-state index < -0.39 is 47.0 Å². The van der Waals surface area contributed by atoms with Crippen LogP contribution in [-0.4, -0.2) is 18.1 Å². The van der Waals surface area contributed by atoms with Crippen molar-refractivity contribution >= 4 is 17.6 Å². The van der Waals surface area contributed by atoms with Crippen molar-refractivity contribution < 1.29 is 31.5 Å². The van der Waals surface area contributed by atoms with Gasteiger partial charge in [0, 0.05) is 5.56 Å². The Morgan fingerprint density at radius 1 is 1.47 bits per heavy atom. The summed E-state index contributed by atoms with van der Waals surface area (Å²) in [5.74, 6) is -1.04. The maximum absolute atomic E-state index is 12.8. The number of methoxy groups -OCH3 is 1. The molecule has 0 spiro atoms. The lowest BCUT2D eigenvalue weighted by Crippen LogP contribution is -2.18. The van der Waals surface area contributed by atoms with Gasteiger partial charge in [0.05, 0.1) is 24.8 Å². The largest absolute Gasteiger partial charge is 0.469 e. The third kappa shape index (κ3) is 3.76. The van der Waals surface area contributed by atoms with Crippen LogP contribution in [0.15, 0.2) is 6.07 Å². The van der Waals surface area contributed by atoms with Crippen LogP contribution in [0.3, 0.4) is 0 Å². The molecule has 1 rings (SSSR count). The topological polar surface area (TPSA) is 39.2 Å². The normalized spacial score (nSPS) is 11.8. The van der Waals surface area contributed by atoms with E-state index in [1.807, 2.05) is 0 Å². The van der Waals surface area contributed by atoms with Crippen molar-refractivity contribution in [3.8, 4) is 0 Å². The number of pyridine rings is 1. The summed E-state index contributed by atoms with van der Waals surface area (Å²) in [6, 6.07) is 0.426. The lowest BCUT2D eigenvalue weighted by Gasteiger charge is -2.16. The molecule has 0 atom stereocenters. The number of rotatable bonds is 3. The van der Waals surface area contributed by atoms with E-state index >= 15 is 0 Å². The monoisotopic (exact) mass is 303 g/mol. The molecule has 0 aromatic carbocycles. The van der Waals surface area contributed by atoms with Gasteiger partial charge in [0.2, 0.25) is 0 Å². The van der Waals surface area contributed by atoms with Crippen LogP contribution in [0.25, 0.3) is 0 Å². The minimum Gasteiger partial charge on any atom is -0.469 e. The second kappa shape index (κ2) is 5.68. The Balaban J connectivity index is 3.47. The summed E-state index contributed by atoms with van der Waals surface area (Å²) in [6.07, 6.45) is -9.37. The zero-order chi connectivity index (χ0) is 14.8. The first-order valence-corrected chi connectivity index (χ1v) is 5.16. The summed E-state index contributed by atoms with van der Waals surface area (Å²) in [7, 11) is 0.953. The van der Waals surface area contributed by atoms with E-state index in [0.29, 0.717) is 6.07 Å². The molecule has 0 amide bonds. The van der Waals surface area contributed by atoms with Gasteiger partial charge in [-0.25, -0.2) is 13.8 Å². The number of alkyl halides is 5. The highest BCUT2D eigenvalue weighted by molar-refractivity contribution is 6.29. The minimum atomic E-state index is -5.08. The summed E-state index contributed by atoms with van der Waals surface area (Å²) in [5.41, 5.74) is -3.86. The lowest BCUT2D eigenvalue weighted by atomic mass is 10.0. The van der Waals surface area contributed by atoms with E-state index in [2.05, 4.69) is 9.72 Å². The quantitative estimate of drug-likeness (QED) is 0.488. The number of esters is 1. The smallest absolute Gasteiger partial charge is 0.418 e. The van der Waals surface area contributed by atoms with Crippen LogP contribution >= 0.6 is 11.6 Å². The van der Waals surface area contributed by atoms with Gasteiger partial charge >= 0.3 is 12.1 Å². The van der Waals surface area contributed by atoms with Gasteiger partial charge in [-0.2, -0.15) is 13.2 Å². The van der Waals surface area contributed by atoms with Gasteiger partial charge in [-0.1, -0.05) is 11.6 Å². The first kappa shape index (κ1) is 15.6. The van der Waals surface area contributed by atoms with Crippen LogP contribution in [0.4, 0.5) is 22.0 Å². The Morgan fingerprint density at radius 3 is 2.47 bits per heavy atom. The standard InChI is InChI=1S/C10H7ClF5NO2/c1-19-7(18)3-5-8(10(14,15)16)4(9(12)13)2-6(11)17-5/h2,9H,3H2,1H3. The molecule has 0 fully saturated rings. The number of carbonyl (C=O) groups is 1. The maximum atomic E-state index is 12.8. The summed E-state index contributed by atoms with van der Waals surface area (Å²) in [6.45, 7) is 0. The van der Waals surface area contributed by atoms with Crippen LogP contribution in [-0.2, 0) is 22.1 Å². The Kier molecular flexibility index (Phi) is 4.67. The number of ether oxygens (including phenoxy) is 1. The molecule has 3 nitrogen and oxygen atoms in total. The molecule has 0 bridgehead atoms. The Hall–Kier alpha value is -1.44. The van der Waals surface area contributed by atoms with Gasteiger partial charge in [0.15, 0.2) is 0 Å². The fourth-order valence-corrected chi connectivity index (χ4v) is 1.64. The molecule has 1 aromatic rings. The first-order valence-electron chi connectivity index (χ1n) is 4.78. The van der Waals surface area contributed by atoms with Gasteiger partial charge in [-0.15, -0.1) is 0 Å². The van der Waals surface area contributed by atoms with Gasteiger partial charge in [-0.05, 0) is 6.07 Å². The van der Waals surface area contributed by atoms with E-state index in [1.54, 1.807) is 0 Å². The van der Waals surface area contributed by atoms with Gasteiger partial charge < -0.3 is 4.74 Å². The second-order valence-corrected chi connectivity index (χ2v) is 3.79. The predicted octanol–water partition coefficient (Wildman–Crippen LogP) is 3.41. The summed E-state index contributed by atoms with van der Waals surface area (Å²) in [5, 5.41) is -0.554. The van der Waals surface area contributed by atoms with E-state index in [-0.39, 0.29) is 0 Å². The molecule has 0 aliphatic rings. The van der Waals surface area contributed by atoms with Crippen molar-refractivity contribution in [2.75, 3.05) is 7.11 Å². The highest BCUT2D eigenvalue weighted by atomic mass is 35.5. The third-order valence-electron chi connectivity index (χ3n) is 2.15. The van der Waals surface area contributed by atoms with Crippen molar-refractivity contribution in [2.24, 2.45) is 0 Å². The molecule has 0 saturated carbocycles. The Labute approximate surface area is 109 Å². The van der Waals surface area contributed by atoms with Crippen LogP contribution < -0.4 is 0 Å². The molecule has 0 saturated heterocycles. The molecule has 0 aliphatic carbocycles. The Bertz CT molecular complexity index is 490. The molecule has 0 N–H and O–H groups in total. The van der Waals surface area contributed by atoms with Crippen LogP contribution in [0.5, 0.6) is 0 Å². The highest BCUT2D eigenvalue weighted by Crippen LogP contribution is 2.39. The molecular weight excluding hydrogens is 297 g/mol. The first-order chi connectivity index (χ1) is 8.66. The molecule has 19 heavy (non-hydrogen) atoms. The molecule has 106 valence electrons. The zero-order valence-electron chi connectivity index (χ0n) is 9.39. The van der Waals surface area contributed by atoms with E-state index in [0.717, 1.165) is 7.11 Å². The van der Waals surface area contributed by atoms with Crippen molar-refractivity contribution in [3.05, 3.63) is 28.0 Å². The van der Waals surface area contributed by atoms with E-state index in [9.17, 15) is 26.7 Å². The molecular formula is C10H7ClF5NO2. The summed E-state index contributed by atoms with van der Waals surface area (Å²) in [4.78, 5) is 14.3. The SMILES string of the molecule is COC(=O)Cc1nc(Cl)cc(C(F)F)c1C(F)(F)F. The fraction of sp³-hybridized carbons (Fsp3) is 0.400. The molecule has 1 aromatic heterocycles. The van der Waals surface area contributed by atoms with Crippen molar-refractivity contribution in [3.63, 3.8) is 0 Å². The molecule has 9 heteroatoms. The average Bonchev–Trinajstić information content (AvgIpc) is 2.25. The van der Waals surface area contributed by atoms with Crippen molar-refractivity contribution in [2.45, 2.75) is 19.0 Å². The number of nitrogens with zero attached hydrogens (tertiary/aromatic N) is 1. The van der Waals surface area contributed by atoms with Crippen molar-refractivity contribution in [1.82, 2.24) is 4.98 Å². The number of hydrogen-bond donors (Lipinski definition) is 0. The minimum absolute atomic E-state index is 0.426. The van der Waals surface area contributed by atoms with E-state index in [1.165, 1.54) is 0 Å². The van der Waals surface area contributed by atoms with Crippen LogP contribution in [0, 0.1) is 0 Å². The number of aromatic nitrogens is 1. The van der Waals surface area contributed by atoms with Gasteiger partial charge in [0.1, 0.15) is 5.15 Å². The van der Waals surface area contributed by atoms with Gasteiger partial charge in [0.25, 0.3) is 6.43 Å². The number of halogens is 6. The Morgan fingerprint density at radius 2 is 2.05 bits per heavy atom. The van der Waals surface area contributed by atoms with Crippen molar-refractivity contribution in [1.29, 1.82) is 0 Å². The summed E-state index contributed by atoms with van der Waals surface area (Å²) >= 11 is 5.38. The fourth-order valence-electron chi connectivity index (χ4n) is 1.42. The summed E-state index contributed by atoms with van der Waals surface area (Å²) < 4.78 is 67.8.